The number of carbonyl (C=O) groups excluding carboxylic acids is 2. The molecule has 2 amide bonds. The van der Waals surface area contributed by atoms with Gasteiger partial charge in [-0.05, 0) is 37.8 Å². The maximum atomic E-state index is 12.3. The minimum Gasteiger partial charge on any atom is -0.353 e. The van der Waals surface area contributed by atoms with E-state index in [-0.39, 0.29) is 23.7 Å². The van der Waals surface area contributed by atoms with Crippen LogP contribution in [0.2, 0.25) is 0 Å². The number of rotatable bonds is 4. The molecule has 1 aromatic carbocycles. The fourth-order valence-electron chi connectivity index (χ4n) is 3.45. The van der Waals surface area contributed by atoms with Crippen molar-refractivity contribution in [3.63, 3.8) is 0 Å². The Hall–Kier alpha value is -1.84. The molecule has 2 atom stereocenters. The number of aryl methyl sites for hydroxylation is 1. The largest absolute Gasteiger partial charge is 0.353 e. The average Bonchev–Trinajstić information content (AvgIpc) is 3.33. The summed E-state index contributed by atoms with van der Waals surface area (Å²) in [7, 11) is 0. The second kappa shape index (κ2) is 7.16. The van der Waals surface area contributed by atoms with Crippen molar-refractivity contribution < 1.29 is 9.59 Å². The molecule has 4 nitrogen and oxygen atoms in total. The maximum absolute atomic E-state index is 12.3. The van der Waals surface area contributed by atoms with Crippen LogP contribution in [0.1, 0.15) is 50.5 Å². The van der Waals surface area contributed by atoms with E-state index in [9.17, 15) is 9.59 Å². The molecule has 0 bridgehead atoms. The normalized spacial score (nSPS) is 24.6. The third kappa shape index (κ3) is 4.12. The predicted molar refractivity (Wildman–Crippen MR) is 91.0 cm³/mol. The Balaban J connectivity index is 1.49. The van der Waals surface area contributed by atoms with Gasteiger partial charge in [0.15, 0.2) is 0 Å². The number of anilines is 1. The van der Waals surface area contributed by atoms with Gasteiger partial charge in [0.2, 0.25) is 11.8 Å². The van der Waals surface area contributed by atoms with E-state index < -0.39 is 0 Å². The van der Waals surface area contributed by atoms with Gasteiger partial charge in [-0.1, -0.05) is 43.9 Å². The molecule has 2 fully saturated rings. The van der Waals surface area contributed by atoms with Crippen molar-refractivity contribution in [2.75, 3.05) is 5.32 Å². The number of benzene rings is 1. The van der Waals surface area contributed by atoms with Crippen molar-refractivity contribution in [2.45, 2.75) is 57.9 Å². The summed E-state index contributed by atoms with van der Waals surface area (Å²) >= 11 is 0. The summed E-state index contributed by atoms with van der Waals surface area (Å²) in [6, 6.07) is 8.04. The molecule has 124 valence electrons. The summed E-state index contributed by atoms with van der Waals surface area (Å²) in [5, 5.41) is 6.11. The first-order valence-electron chi connectivity index (χ1n) is 8.82. The van der Waals surface area contributed by atoms with E-state index in [0.29, 0.717) is 12.5 Å². The monoisotopic (exact) mass is 314 g/mol. The fourth-order valence-corrected chi connectivity index (χ4v) is 3.45. The van der Waals surface area contributed by atoms with Gasteiger partial charge in [0.25, 0.3) is 0 Å². The lowest BCUT2D eigenvalue weighted by atomic mass is 10.1. The topological polar surface area (TPSA) is 58.2 Å². The third-order valence-corrected chi connectivity index (χ3v) is 5.07. The van der Waals surface area contributed by atoms with Crippen LogP contribution in [0.25, 0.3) is 0 Å². The second-order valence-corrected chi connectivity index (χ2v) is 6.95. The molecule has 0 spiro atoms. The average molecular weight is 314 g/mol. The van der Waals surface area contributed by atoms with Crippen LogP contribution >= 0.6 is 0 Å². The van der Waals surface area contributed by atoms with Crippen molar-refractivity contribution in [1.29, 1.82) is 0 Å². The molecule has 3 rings (SSSR count). The first-order chi connectivity index (χ1) is 11.1. The minimum atomic E-state index is -0.166. The smallest absolute Gasteiger partial charge is 0.228 e. The third-order valence-electron chi connectivity index (χ3n) is 5.07. The lowest BCUT2D eigenvalue weighted by molar-refractivity contribution is -0.125. The Morgan fingerprint density at radius 3 is 2.30 bits per heavy atom. The fraction of sp³-hybridized carbons (Fsp3) is 0.579. The highest BCUT2D eigenvalue weighted by molar-refractivity contribution is 5.99. The lowest BCUT2D eigenvalue weighted by Crippen LogP contribution is -2.36. The zero-order valence-corrected chi connectivity index (χ0v) is 13.8. The highest BCUT2D eigenvalue weighted by atomic mass is 16.2. The van der Waals surface area contributed by atoms with Crippen LogP contribution in [0.4, 0.5) is 5.69 Å². The molecule has 0 aliphatic heterocycles. The van der Waals surface area contributed by atoms with Gasteiger partial charge in [0.05, 0.1) is 11.8 Å². The van der Waals surface area contributed by atoms with Gasteiger partial charge in [-0.3, -0.25) is 9.59 Å². The summed E-state index contributed by atoms with van der Waals surface area (Å²) in [4.78, 5) is 24.6. The molecule has 2 N–H and O–H groups in total. The molecule has 2 unspecified atom stereocenters. The summed E-state index contributed by atoms with van der Waals surface area (Å²) < 4.78 is 0. The number of carbonyl (C=O) groups is 2. The van der Waals surface area contributed by atoms with Crippen LogP contribution in [-0.4, -0.2) is 17.9 Å². The van der Waals surface area contributed by atoms with E-state index in [2.05, 4.69) is 10.6 Å². The van der Waals surface area contributed by atoms with Crippen LogP contribution in [0.3, 0.4) is 0 Å². The number of hydrogen-bond acceptors (Lipinski definition) is 2. The molecule has 0 radical (unpaired) electrons. The summed E-state index contributed by atoms with van der Waals surface area (Å²) in [6.07, 6.45) is 7.79. The number of nitrogens with one attached hydrogen (secondary N) is 2. The van der Waals surface area contributed by atoms with E-state index >= 15 is 0 Å². The summed E-state index contributed by atoms with van der Waals surface area (Å²) in [6.45, 7) is 1.97. The lowest BCUT2D eigenvalue weighted by Gasteiger charge is -2.16. The highest BCUT2D eigenvalue weighted by Gasteiger charge is 2.48. The van der Waals surface area contributed by atoms with E-state index in [4.69, 9.17) is 0 Å². The van der Waals surface area contributed by atoms with Gasteiger partial charge in [0.1, 0.15) is 0 Å². The van der Waals surface area contributed by atoms with E-state index in [0.717, 1.165) is 24.1 Å². The van der Waals surface area contributed by atoms with Gasteiger partial charge in [-0.25, -0.2) is 0 Å². The minimum absolute atomic E-state index is 0.0275. The molecular weight excluding hydrogens is 288 g/mol. The van der Waals surface area contributed by atoms with Crippen LogP contribution < -0.4 is 10.6 Å². The molecule has 0 heterocycles. The SMILES string of the molecule is Cc1ccccc1NC(=O)C1CC1C(=O)NC1CCCCCC1. The molecule has 2 saturated carbocycles. The standard InChI is InChI=1S/C19H26N2O2/c1-13-8-6-7-11-17(13)21-19(23)16-12-15(16)18(22)20-14-9-4-2-3-5-10-14/h6-8,11,14-16H,2-5,9-10,12H2,1H3,(H,20,22)(H,21,23). The molecule has 2 aliphatic rings. The summed E-state index contributed by atoms with van der Waals surface area (Å²) in [5.41, 5.74) is 1.88. The molecule has 1 aromatic rings. The molecule has 0 aromatic heterocycles. The Morgan fingerprint density at radius 1 is 0.957 bits per heavy atom. The van der Waals surface area contributed by atoms with E-state index in [1.165, 1.54) is 25.7 Å². The zero-order valence-electron chi connectivity index (χ0n) is 13.8. The van der Waals surface area contributed by atoms with Crippen LogP contribution in [-0.2, 0) is 9.59 Å². The maximum Gasteiger partial charge on any atom is 0.228 e. The molecular formula is C19H26N2O2. The Labute approximate surface area is 138 Å². The number of para-hydroxylation sites is 1. The van der Waals surface area contributed by atoms with Gasteiger partial charge >= 0.3 is 0 Å². The molecule has 4 heteroatoms. The highest BCUT2D eigenvalue weighted by Crippen LogP contribution is 2.40. The molecule has 2 aliphatic carbocycles. The predicted octanol–water partition coefficient (Wildman–Crippen LogP) is 3.41. The van der Waals surface area contributed by atoms with Gasteiger partial charge in [-0.15, -0.1) is 0 Å². The van der Waals surface area contributed by atoms with Crippen LogP contribution in [0.5, 0.6) is 0 Å². The first-order valence-corrected chi connectivity index (χ1v) is 8.82. The first kappa shape index (κ1) is 16.0. The van der Waals surface area contributed by atoms with E-state index in [1.807, 2.05) is 31.2 Å². The zero-order chi connectivity index (χ0) is 16.2. The number of amides is 2. The van der Waals surface area contributed by atoms with Crippen LogP contribution in [0.15, 0.2) is 24.3 Å². The Morgan fingerprint density at radius 2 is 1.61 bits per heavy atom. The molecule has 0 saturated heterocycles. The Bertz CT molecular complexity index is 576. The quantitative estimate of drug-likeness (QED) is 0.837. The van der Waals surface area contributed by atoms with Gasteiger partial charge in [-0.2, -0.15) is 0 Å². The van der Waals surface area contributed by atoms with Crippen molar-refractivity contribution in [2.24, 2.45) is 11.8 Å². The Kier molecular flexibility index (Phi) is 4.99. The second-order valence-electron chi connectivity index (χ2n) is 6.95. The van der Waals surface area contributed by atoms with Crippen molar-refractivity contribution in [3.05, 3.63) is 29.8 Å². The number of hydrogen-bond donors (Lipinski definition) is 2. The molecule has 23 heavy (non-hydrogen) atoms. The van der Waals surface area contributed by atoms with Gasteiger partial charge in [0, 0.05) is 11.7 Å². The van der Waals surface area contributed by atoms with Crippen LogP contribution in [0, 0.1) is 18.8 Å². The van der Waals surface area contributed by atoms with E-state index in [1.54, 1.807) is 0 Å². The summed E-state index contributed by atoms with van der Waals surface area (Å²) in [5.74, 6) is -0.259. The van der Waals surface area contributed by atoms with Crippen molar-refractivity contribution in [1.82, 2.24) is 5.32 Å². The van der Waals surface area contributed by atoms with Crippen molar-refractivity contribution >= 4 is 17.5 Å². The van der Waals surface area contributed by atoms with Gasteiger partial charge < -0.3 is 10.6 Å². The van der Waals surface area contributed by atoms with Crippen molar-refractivity contribution in [3.8, 4) is 0 Å².